The summed E-state index contributed by atoms with van der Waals surface area (Å²) in [7, 11) is 0. The quantitative estimate of drug-likeness (QED) is 0.604. The lowest BCUT2D eigenvalue weighted by Gasteiger charge is -2.13. The monoisotopic (exact) mass is 328 g/mol. The first-order chi connectivity index (χ1) is 10.1. The first kappa shape index (κ1) is 16.1. The molecule has 2 aromatic carbocycles. The second-order valence-corrected chi connectivity index (χ2v) is 4.24. The Morgan fingerprint density at radius 2 is 0.773 bits per heavy atom. The molecule has 0 aliphatic heterocycles. The highest BCUT2D eigenvalue weighted by Crippen LogP contribution is 2.39. The molecule has 22 heavy (non-hydrogen) atoms. The molecule has 1 nitrogen and oxygen atoms in total. The van der Waals surface area contributed by atoms with E-state index in [0.717, 1.165) is 0 Å². The van der Waals surface area contributed by atoms with Gasteiger partial charge in [0.15, 0.2) is 40.7 Å². The van der Waals surface area contributed by atoms with E-state index in [1.165, 1.54) is 0 Å². The van der Waals surface area contributed by atoms with Crippen LogP contribution in [0.4, 0.5) is 35.1 Å². The lowest BCUT2D eigenvalue weighted by atomic mass is 9.99. The van der Waals surface area contributed by atoms with E-state index in [2.05, 4.69) is 0 Å². The fraction of sp³-hybridized carbons (Fsp3) is 0.0769. The van der Waals surface area contributed by atoms with E-state index in [1.54, 1.807) is 0 Å². The molecule has 1 N–H and O–H groups in total. The Balaban J connectivity index is 3.03. The molecule has 0 heterocycles. The molecule has 0 aliphatic carbocycles. The van der Waals surface area contributed by atoms with E-state index < -0.39 is 69.0 Å². The average Bonchev–Trinajstić information content (AvgIpc) is 2.50. The average molecular weight is 328 g/mol. The summed E-state index contributed by atoms with van der Waals surface area (Å²) in [6.45, 7) is 0.644. The van der Waals surface area contributed by atoms with Gasteiger partial charge in [-0.2, -0.15) is 8.78 Å². The maximum absolute atomic E-state index is 13.7. The summed E-state index contributed by atoms with van der Waals surface area (Å²) in [5.74, 6) is -20.1. The van der Waals surface area contributed by atoms with Crippen LogP contribution < -0.4 is 0 Å². The highest BCUT2D eigenvalue weighted by molar-refractivity contribution is 5.68. The summed E-state index contributed by atoms with van der Waals surface area (Å²) in [6.07, 6.45) is 0. The number of hydrogen-bond donors (Lipinski definition) is 1. The summed E-state index contributed by atoms with van der Waals surface area (Å²) in [5.41, 5.74) is -5.10. The van der Waals surface area contributed by atoms with Gasteiger partial charge in [-0.15, -0.1) is 0 Å². The van der Waals surface area contributed by atoms with Crippen molar-refractivity contribution in [3.8, 4) is 16.9 Å². The highest BCUT2D eigenvalue weighted by atomic mass is 19.2. The van der Waals surface area contributed by atoms with Crippen LogP contribution in [0.3, 0.4) is 0 Å². The second kappa shape index (κ2) is 5.15. The van der Waals surface area contributed by atoms with Gasteiger partial charge in [-0.25, -0.2) is 26.3 Å². The fourth-order valence-corrected chi connectivity index (χ4v) is 1.80. The molecule has 118 valence electrons. The van der Waals surface area contributed by atoms with Gasteiger partial charge in [0.2, 0.25) is 11.6 Å². The maximum Gasteiger partial charge on any atom is 0.204 e. The minimum absolute atomic E-state index is 0.644. The summed E-state index contributed by atoms with van der Waals surface area (Å²) < 4.78 is 108. The molecule has 2 aromatic rings. The van der Waals surface area contributed by atoms with Gasteiger partial charge >= 0.3 is 0 Å². The van der Waals surface area contributed by atoms with Crippen molar-refractivity contribution in [2.75, 3.05) is 0 Å². The summed E-state index contributed by atoms with van der Waals surface area (Å²) in [5, 5.41) is 8.77. The molecule has 9 heteroatoms. The predicted molar refractivity (Wildman–Crippen MR) is 57.9 cm³/mol. The van der Waals surface area contributed by atoms with Crippen LogP contribution in [-0.2, 0) is 0 Å². The third kappa shape index (κ3) is 1.99. The molecular weight excluding hydrogens is 324 g/mol. The largest absolute Gasteiger partial charge is 0.503 e. The molecule has 0 atom stereocenters. The van der Waals surface area contributed by atoms with Crippen molar-refractivity contribution in [3.63, 3.8) is 0 Å². The van der Waals surface area contributed by atoms with Gasteiger partial charge in [0, 0.05) is 5.56 Å². The van der Waals surface area contributed by atoms with E-state index in [4.69, 9.17) is 5.11 Å². The number of hydrogen-bond acceptors (Lipinski definition) is 1. The normalized spacial score (nSPS) is 11.1. The Labute approximate surface area is 117 Å². The van der Waals surface area contributed by atoms with Crippen LogP contribution in [-0.4, -0.2) is 5.11 Å². The van der Waals surface area contributed by atoms with Crippen LogP contribution in [0.5, 0.6) is 5.75 Å². The van der Waals surface area contributed by atoms with Crippen molar-refractivity contribution in [2.24, 2.45) is 0 Å². The Hall–Kier alpha value is -2.32. The van der Waals surface area contributed by atoms with Crippen LogP contribution in [0.1, 0.15) is 5.56 Å². The minimum Gasteiger partial charge on any atom is -0.503 e. The first-order valence-electron chi connectivity index (χ1n) is 5.49. The molecule has 0 radical (unpaired) electrons. The number of phenols is 1. The number of benzene rings is 2. The van der Waals surface area contributed by atoms with Gasteiger partial charge in [-0.05, 0) is 6.92 Å². The second-order valence-electron chi connectivity index (χ2n) is 4.24. The Bertz CT molecular complexity index is 674. The van der Waals surface area contributed by atoms with Gasteiger partial charge in [-0.1, -0.05) is 0 Å². The molecule has 0 amide bonds. The zero-order valence-electron chi connectivity index (χ0n) is 10.5. The van der Waals surface area contributed by atoms with Crippen molar-refractivity contribution in [2.45, 2.75) is 6.92 Å². The van der Waals surface area contributed by atoms with Crippen molar-refractivity contribution in [1.82, 2.24) is 0 Å². The molecule has 0 fully saturated rings. The fourth-order valence-electron chi connectivity index (χ4n) is 1.80. The maximum atomic E-state index is 13.7. The molecule has 0 saturated heterocycles. The van der Waals surface area contributed by atoms with Gasteiger partial charge < -0.3 is 5.11 Å². The van der Waals surface area contributed by atoms with Crippen LogP contribution in [0, 0.1) is 53.5 Å². The lowest BCUT2D eigenvalue weighted by Crippen LogP contribution is -2.08. The SMILES string of the molecule is Cc1c(F)c(F)c(-c2c(F)c(F)c(O)c(F)c2F)c(F)c1F. The van der Waals surface area contributed by atoms with Crippen LogP contribution in [0.2, 0.25) is 0 Å². The molecule has 0 aliphatic rings. The summed E-state index contributed by atoms with van der Waals surface area (Å²) >= 11 is 0. The number of aromatic hydroxyl groups is 1. The van der Waals surface area contributed by atoms with E-state index in [9.17, 15) is 35.1 Å². The van der Waals surface area contributed by atoms with Crippen molar-refractivity contribution in [1.29, 1.82) is 0 Å². The summed E-state index contributed by atoms with van der Waals surface area (Å²) in [4.78, 5) is 0. The van der Waals surface area contributed by atoms with E-state index in [0.29, 0.717) is 6.92 Å². The van der Waals surface area contributed by atoms with Gasteiger partial charge in [0.05, 0.1) is 11.1 Å². The summed E-state index contributed by atoms with van der Waals surface area (Å²) in [6, 6.07) is 0. The van der Waals surface area contributed by atoms with E-state index in [1.807, 2.05) is 0 Å². The van der Waals surface area contributed by atoms with E-state index >= 15 is 0 Å². The van der Waals surface area contributed by atoms with Crippen molar-refractivity contribution < 1.29 is 40.2 Å². The predicted octanol–water partition coefficient (Wildman–Crippen LogP) is 4.48. The number of halogens is 8. The highest BCUT2D eigenvalue weighted by Gasteiger charge is 2.33. The van der Waals surface area contributed by atoms with E-state index in [-0.39, 0.29) is 0 Å². The number of phenolic OH excluding ortho intramolecular Hbond substituents is 1. The molecular formula is C13H4F8O. The van der Waals surface area contributed by atoms with Crippen LogP contribution in [0.15, 0.2) is 0 Å². The Kier molecular flexibility index (Phi) is 3.76. The molecule has 2 rings (SSSR count). The molecule has 0 spiro atoms. The third-order valence-electron chi connectivity index (χ3n) is 2.97. The number of rotatable bonds is 1. The Morgan fingerprint density at radius 3 is 1.09 bits per heavy atom. The van der Waals surface area contributed by atoms with Crippen LogP contribution in [0.25, 0.3) is 11.1 Å². The zero-order valence-corrected chi connectivity index (χ0v) is 10.5. The van der Waals surface area contributed by atoms with Gasteiger partial charge in [-0.3, -0.25) is 0 Å². The standard InChI is InChI=1S/C13H4F8O/c1-2-5(14)7(16)3(8(17)6(2)15)4-9(18)11(20)13(22)12(21)10(4)19/h22H,1H3. The third-order valence-corrected chi connectivity index (χ3v) is 2.97. The van der Waals surface area contributed by atoms with Crippen molar-refractivity contribution in [3.05, 3.63) is 52.1 Å². The zero-order chi connectivity index (χ0) is 16.9. The lowest BCUT2D eigenvalue weighted by molar-refractivity contribution is 0.357. The Morgan fingerprint density at radius 1 is 0.500 bits per heavy atom. The minimum atomic E-state index is -2.41. The first-order valence-corrected chi connectivity index (χ1v) is 5.49. The molecule has 0 saturated carbocycles. The molecule has 0 aromatic heterocycles. The van der Waals surface area contributed by atoms with Gasteiger partial charge in [0.1, 0.15) is 0 Å². The smallest absolute Gasteiger partial charge is 0.204 e. The molecule has 0 unspecified atom stereocenters. The topological polar surface area (TPSA) is 20.2 Å². The van der Waals surface area contributed by atoms with Crippen molar-refractivity contribution >= 4 is 0 Å². The van der Waals surface area contributed by atoms with Crippen LogP contribution >= 0.6 is 0 Å². The van der Waals surface area contributed by atoms with Gasteiger partial charge in [0.25, 0.3) is 0 Å². The molecule has 0 bridgehead atoms.